The first-order chi connectivity index (χ1) is 8.63. The van der Waals surface area contributed by atoms with Crippen LogP contribution < -0.4 is 11.5 Å². The molecule has 0 aliphatic heterocycles. The number of benzene rings is 1. The van der Waals surface area contributed by atoms with Crippen LogP contribution in [0.25, 0.3) is 0 Å². The van der Waals surface area contributed by atoms with Gasteiger partial charge in [0.05, 0.1) is 0 Å². The summed E-state index contributed by atoms with van der Waals surface area (Å²) < 4.78 is 0. The molecular formula is C16H20N2. The van der Waals surface area contributed by atoms with Crippen LogP contribution >= 0.6 is 0 Å². The number of hydrogen-bond donors (Lipinski definition) is 2. The fraction of sp³-hybridized carbons (Fsp3) is 0.500. The highest BCUT2D eigenvalue weighted by Crippen LogP contribution is 2.69. The van der Waals surface area contributed by atoms with Gasteiger partial charge in [0.15, 0.2) is 0 Å². The maximum absolute atomic E-state index is 6.62. The predicted octanol–water partition coefficient (Wildman–Crippen LogP) is 3.11. The van der Waals surface area contributed by atoms with E-state index in [2.05, 4.69) is 18.7 Å². The smallest absolute Gasteiger partial charge is 0.0384 e. The van der Waals surface area contributed by atoms with Crippen LogP contribution in [0.3, 0.4) is 0 Å². The number of fused-ring (bicyclic) bond motifs is 3. The first kappa shape index (κ1) is 10.6. The van der Waals surface area contributed by atoms with E-state index in [1.807, 2.05) is 6.07 Å². The van der Waals surface area contributed by atoms with Gasteiger partial charge in [-0.15, -0.1) is 0 Å². The monoisotopic (exact) mass is 240 g/mol. The molecule has 0 saturated heterocycles. The zero-order chi connectivity index (χ0) is 12.5. The van der Waals surface area contributed by atoms with E-state index in [9.17, 15) is 0 Å². The van der Waals surface area contributed by atoms with Crippen molar-refractivity contribution < 1.29 is 0 Å². The van der Waals surface area contributed by atoms with Gasteiger partial charge in [0.2, 0.25) is 0 Å². The summed E-state index contributed by atoms with van der Waals surface area (Å²) >= 11 is 0. The Kier molecular flexibility index (Phi) is 1.88. The van der Waals surface area contributed by atoms with Crippen LogP contribution in [0.2, 0.25) is 0 Å². The number of nitrogens with two attached hydrogens (primary N) is 2. The van der Waals surface area contributed by atoms with Gasteiger partial charge in [-0.05, 0) is 54.7 Å². The van der Waals surface area contributed by atoms with Crippen molar-refractivity contribution in [2.75, 3.05) is 5.73 Å². The number of hydrogen-bond acceptors (Lipinski definition) is 2. The van der Waals surface area contributed by atoms with Gasteiger partial charge in [0, 0.05) is 17.1 Å². The lowest BCUT2D eigenvalue weighted by atomic mass is 9.66. The zero-order valence-corrected chi connectivity index (χ0v) is 10.7. The van der Waals surface area contributed by atoms with E-state index in [4.69, 9.17) is 11.5 Å². The van der Waals surface area contributed by atoms with Gasteiger partial charge in [-0.3, -0.25) is 0 Å². The zero-order valence-electron chi connectivity index (χ0n) is 10.7. The molecule has 4 rings (SSSR count). The third kappa shape index (κ3) is 1.04. The Morgan fingerprint density at radius 3 is 2.94 bits per heavy atom. The minimum atomic E-state index is 0.112. The fourth-order valence-electron chi connectivity index (χ4n) is 4.94. The van der Waals surface area contributed by atoms with Crippen molar-refractivity contribution in [1.82, 2.24) is 0 Å². The van der Waals surface area contributed by atoms with Crippen LogP contribution in [-0.4, -0.2) is 0 Å². The first-order valence-corrected chi connectivity index (χ1v) is 6.95. The Labute approximate surface area is 108 Å². The van der Waals surface area contributed by atoms with E-state index in [0.29, 0.717) is 11.8 Å². The molecule has 3 aliphatic rings. The molecule has 2 nitrogen and oxygen atoms in total. The first-order valence-electron chi connectivity index (χ1n) is 6.95. The maximum Gasteiger partial charge on any atom is 0.0384 e. The van der Waals surface area contributed by atoms with Gasteiger partial charge in [-0.2, -0.15) is 0 Å². The highest BCUT2D eigenvalue weighted by Gasteiger charge is 2.58. The highest BCUT2D eigenvalue weighted by atomic mass is 14.8. The van der Waals surface area contributed by atoms with Crippen molar-refractivity contribution in [3.05, 3.63) is 41.5 Å². The van der Waals surface area contributed by atoms with Crippen molar-refractivity contribution in [1.29, 1.82) is 0 Å². The molecular weight excluding hydrogens is 220 g/mol. The van der Waals surface area contributed by atoms with Crippen molar-refractivity contribution in [2.24, 2.45) is 17.1 Å². The normalized spacial score (nSPS) is 40.7. The molecule has 4 unspecified atom stereocenters. The summed E-state index contributed by atoms with van der Waals surface area (Å²) in [6.07, 6.45) is 4.88. The molecule has 0 radical (unpaired) electrons. The minimum absolute atomic E-state index is 0.112. The molecule has 1 aromatic rings. The lowest BCUT2D eigenvalue weighted by Crippen LogP contribution is -2.34. The molecule has 1 aromatic carbocycles. The third-order valence-corrected chi connectivity index (χ3v) is 5.74. The Morgan fingerprint density at radius 1 is 1.28 bits per heavy atom. The quantitative estimate of drug-likeness (QED) is 0.541. The van der Waals surface area contributed by atoms with Gasteiger partial charge in [-0.1, -0.05) is 24.3 Å². The summed E-state index contributed by atoms with van der Waals surface area (Å²) in [5.41, 5.74) is 18.0. The lowest BCUT2D eigenvalue weighted by Gasteiger charge is -2.38. The van der Waals surface area contributed by atoms with E-state index in [0.717, 1.165) is 12.1 Å². The van der Waals surface area contributed by atoms with Crippen LogP contribution in [0.1, 0.15) is 48.8 Å². The second-order valence-corrected chi connectivity index (χ2v) is 6.43. The van der Waals surface area contributed by atoms with Gasteiger partial charge >= 0.3 is 0 Å². The second kappa shape index (κ2) is 3.18. The molecule has 0 heterocycles. The molecule has 2 fully saturated rings. The Morgan fingerprint density at radius 2 is 2.11 bits per heavy atom. The highest BCUT2D eigenvalue weighted by molar-refractivity contribution is 5.59. The predicted molar refractivity (Wildman–Crippen MR) is 74.1 cm³/mol. The van der Waals surface area contributed by atoms with Gasteiger partial charge < -0.3 is 11.5 Å². The number of allylic oxidation sites excluding steroid dienone is 1. The van der Waals surface area contributed by atoms with E-state index in [-0.39, 0.29) is 11.5 Å². The molecule has 4 atom stereocenters. The van der Waals surface area contributed by atoms with Crippen molar-refractivity contribution >= 4 is 5.69 Å². The molecule has 2 heteroatoms. The molecule has 0 amide bonds. The van der Waals surface area contributed by atoms with E-state index in [1.54, 1.807) is 0 Å². The number of nitrogen functional groups attached to an aromatic ring is 1. The molecule has 4 N–H and O–H groups in total. The Hall–Kier alpha value is -1.28. The van der Waals surface area contributed by atoms with Crippen LogP contribution in [0.15, 0.2) is 30.4 Å². The van der Waals surface area contributed by atoms with Gasteiger partial charge in [-0.25, -0.2) is 0 Å². The van der Waals surface area contributed by atoms with E-state index in [1.165, 1.54) is 36.0 Å². The van der Waals surface area contributed by atoms with Crippen molar-refractivity contribution in [3.8, 4) is 0 Å². The maximum atomic E-state index is 6.62. The largest absolute Gasteiger partial charge is 0.398 e. The van der Waals surface area contributed by atoms with Crippen LogP contribution in [0.5, 0.6) is 0 Å². The average Bonchev–Trinajstić information content (AvgIpc) is 2.75. The Balaban J connectivity index is 1.93. The van der Waals surface area contributed by atoms with E-state index >= 15 is 0 Å². The van der Waals surface area contributed by atoms with E-state index < -0.39 is 0 Å². The minimum Gasteiger partial charge on any atom is -0.398 e. The fourth-order valence-corrected chi connectivity index (χ4v) is 4.94. The summed E-state index contributed by atoms with van der Waals surface area (Å²) in [5, 5.41) is 0. The number of anilines is 1. The topological polar surface area (TPSA) is 52.0 Å². The summed E-state index contributed by atoms with van der Waals surface area (Å²) in [5.74, 6) is 1.32. The number of rotatable bonds is 0. The van der Waals surface area contributed by atoms with Crippen molar-refractivity contribution in [3.63, 3.8) is 0 Å². The molecule has 3 aliphatic carbocycles. The van der Waals surface area contributed by atoms with Crippen LogP contribution in [0.4, 0.5) is 5.69 Å². The third-order valence-electron chi connectivity index (χ3n) is 5.74. The van der Waals surface area contributed by atoms with Crippen LogP contribution in [-0.2, 0) is 0 Å². The summed E-state index contributed by atoms with van der Waals surface area (Å²) in [6.45, 7) is 4.28. The van der Waals surface area contributed by atoms with Gasteiger partial charge in [0.25, 0.3) is 0 Å². The second-order valence-electron chi connectivity index (χ2n) is 6.43. The molecule has 1 spiro atoms. The SMILES string of the molecule is C=C1CC23CC1CCC2c1cccc(N)c1C3N. The molecule has 2 saturated carbocycles. The van der Waals surface area contributed by atoms with Crippen LogP contribution in [0, 0.1) is 11.3 Å². The van der Waals surface area contributed by atoms with Crippen molar-refractivity contribution in [2.45, 2.75) is 37.6 Å². The van der Waals surface area contributed by atoms with Gasteiger partial charge in [0.1, 0.15) is 0 Å². The molecule has 18 heavy (non-hydrogen) atoms. The Bertz CT molecular complexity index is 548. The summed E-state index contributed by atoms with van der Waals surface area (Å²) in [4.78, 5) is 0. The summed E-state index contributed by atoms with van der Waals surface area (Å²) in [6, 6.07) is 6.43. The lowest BCUT2D eigenvalue weighted by molar-refractivity contribution is 0.154. The molecule has 0 aromatic heterocycles. The molecule has 94 valence electrons. The summed E-state index contributed by atoms with van der Waals surface area (Å²) in [7, 11) is 0. The standard InChI is InChI=1S/C16H20N2/c1-9-7-16-8-10(9)5-6-12(16)11-3-2-4-13(17)14(11)15(16)18/h2-4,10,12,15H,1,5-8,17-18H2. The average molecular weight is 240 g/mol. The molecule has 2 bridgehead atoms.